The third-order valence-corrected chi connectivity index (χ3v) is 3.81. The summed E-state index contributed by atoms with van der Waals surface area (Å²) in [5, 5.41) is 9.05. The maximum atomic E-state index is 13.0. The SMILES string of the molecule is CC(CC(=O)N(CC(=O)O)Cc1ccc(F)cc1)c1ccccc1. The summed E-state index contributed by atoms with van der Waals surface area (Å²) in [5.74, 6) is -1.69. The first-order chi connectivity index (χ1) is 11.5. The molecular formula is C19H20FNO3. The molecule has 0 spiro atoms. The van der Waals surface area contributed by atoms with E-state index in [1.807, 2.05) is 37.3 Å². The fourth-order valence-electron chi connectivity index (χ4n) is 2.50. The van der Waals surface area contributed by atoms with Crippen LogP contribution >= 0.6 is 0 Å². The highest BCUT2D eigenvalue weighted by atomic mass is 19.1. The van der Waals surface area contributed by atoms with Crippen molar-refractivity contribution in [2.45, 2.75) is 25.8 Å². The Bertz CT molecular complexity index is 686. The first-order valence-electron chi connectivity index (χ1n) is 7.74. The standard InChI is InChI=1S/C19H20FNO3/c1-14(16-5-3-2-4-6-16)11-18(22)21(13-19(23)24)12-15-7-9-17(20)10-8-15/h2-10,14H,11-13H2,1H3,(H,23,24). The van der Waals surface area contributed by atoms with Crippen molar-refractivity contribution in [3.63, 3.8) is 0 Å². The number of carbonyl (C=O) groups is 2. The molecule has 24 heavy (non-hydrogen) atoms. The van der Waals surface area contributed by atoms with E-state index in [0.717, 1.165) is 5.56 Å². The van der Waals surface area contributed by atoms with Crippen molar-refractivity contribution in [1.82, 2.24) is 4.90 Å². The number of rotatable bonds is 7. The average molecular weight is 329 g/mol. The van der Waals surface area contributed by atoms with Crippen LogP contribution in [0.3, 0.4) is 0 Å². The van der Waals surface area contributed by atoms with Crippen LogP contribution in [0.5, 0.6) is 0 Å². The monoisotopic (exact) mass is 329 g/mol. The lowest BCUT2D eigenvalue weighted by atomic mass is 9.97. The van der Waals surface area contributed by atoms with Gasteiger partial charge in [-0.05, 0) is 29.2 Å². The number of aliphatic carboxylic acids is 1. The van der Waals surface area contributed by atoms with E-state index >= 15 is 0 Å². The van der Waals surface area contributed by atoms with Gasteiger partial charge in [-0.25, -0.2) is 4.39 Å². The molecule has 0 heterocycles. The van der Waals surface area contributed by atoms with Gasteiger partial charge in [0.2, 0.25) is 5.91 Å². The predicted octanol–water partition coefficient (Wildman–Crippen LogP) is 3.43. The molecule has 1 amide bonds. The number of carboxylic acids is 1. The smallest absolute Gasteiger partial charge is 0.323 e. The molecule has 5 heteroatoms. The second-order valence-corrected chi connectivity index (χ2v) is 5.79. The minimum absolute atomic E-state index is 0.0109. The highest BCUT2D eigenvalue weighted by Gasteiger charge is 2.20. The van der Waals surface area contributed by atoms with E-state index in [4.69, 9.17) is 5.11 Å². The zero-order chi connectivity index (χ0) is 17.5. The molecule has 0 fully saturated rings. The molecule has 0 radical (unpaired) electrons. The Kier molecular flexibility index (Phi) is 6.07. The van der Waals surface area contributed by atoms with Gasteiger partial charge in [0.25, 0.3) is 0 Å². The van der Waals surface area contributed by atoms with Gasteiger partial charge < -0.3 is 10.0 Å². The quantitative estimate of drug-likeness (QED) is 0.846. The van der Waals surface area contributed by atoms with Crippen LogP contribution in [-0.4, -0.2) is 28.4 Å². The van der Waals surface area contributed by atoms with Crippen LogP contribution in [0.1, 0.15) is 30.4 Å². The number of halogens is 1. The lowest BCUT2D eigenvalue weighted by Gasteiger charge is -2.23. The highest BCUT2D eigenvalue weighted by Crippen LogP contribution is 2.20. The molecule has 1 unspecified atom stereocenters. The molecule has 2 aromatic carbocycles. The van der Waals surface area contributed by atoms with E-state index in [1.54, 1.807) is 12.1 Å². The average Bonchev–Trinajstić information content (AvgIpc) is 2.56. The van der Waals surface area contributed by atoms with E-state index in [1.165, 1.54) is 17.0 Å². The van der Waals surface area contributed by atoms with Crippen molar-refractivity contribution < 1.29 is 19.1 Å². The topological polar surface area (TPSA) is 57.6 Å². The van der Waals surface area contributed by atoms with Crippen LogP contribution in [0.25, 0.3) is 0 Å². The van der Waals surface area contributed by atoms with Gasteiger partial charge in [0.15, 0.2) is 0 Å². The van der Waals surface area contributed by atoms with Crippen LogP contribution in [0, 0.1) is 5.82 Å². The Hall–Kier alpha value is -2.69. The summed E-state index contributed by atoms with van der Waals surface area (Å²) >= 11 is 0. The maximum Gasteiger partial charge on any atom is 0.323 e. The molecule has 126 valence electrons. The van der Waals surface area contributed by atoms with E-state index in [-0.39, 0.29) is 37.2 Å². The third kappa shape index (κ3) is 5.19. The van der Waals surface area contributed by atoms with Gasteiger partial charge >= 0.3 is 5.97 Å². The molecule has 0 aromatic heterocycles. The molecule has 0 aliphatic heterocycles. The third-order valence-electron chi connectivity index (χ3n) is 3.81. The van der Waals surface area contributed by atoms with Crippen LogP contribution in [0.15, 0.2) is 54.6 Å². The van der Waals surface area contributed by atoms with E-state index < -0.39 is 5.97 Å². The molecular weight excluding hydrogens is 309 g/mol. The van der Waals surface area contributed by atoms with Gasteiger partial charge in [-0.2, -0.15) is 0 Å². The maximum absolute atomic E-state index is 13.0. The molecule has 0 saturated carbocycles. The van der Waals surface area contributed by atoms with E-state index in [9.17, 15) is 14.0 Å². The highest BCUT2D eigenvalue weighted by molar-refractivity contribution is 5.81. The summed E-state index contributed by atoms with van der Waals surface area (Å²) in [6.45, 7) is 1.70. The summed E-state index contributed by atoms with van der Waals surface area (Å²) in [4.78, 5) is 24.9. The minimum atomic E-state index is -1.07. The van der Waals surface area contributed by atoms with Crippen LogP contribution < -0.4 is 0 Å². The summed E-state index contributed by atoms with van der Waals surface area (Å²) in [6, 6.07) is 15.3. The molecule has 0 aliphatic carbocycles. The molecule has 1 atom stereocenters. The first-order valence-corrected chi connectivity index (χ1v) is 7.74. The van der Waals surface area contributed by atoms with Gasteiger partial charge in [0, 0.05) is 13.0 Å². The Morgan fingerprint density at radius 2 is 1.71 bits per heavy atom. The molecule has 4 nitrogen and oxygen atoms in total. The van der Waals surface area contributed by atoms with Crippen molar-refractivity contribution in [2.24, 2.45) is 0 Å². The fraction of sp³-hybridized carbons (Fsp3) is 0.263. The summed E-state index contributed by atoms with van der Waals surface area (Å²) in [6.07, 6.45) is 0.221. The lowest BCUT2D eigenvalue weighted by molar-refractivity contribution is -0.145. The van der Waals surface area contributed by atoms with Crippen molar-refractivity contribution in [1.29, 1.82) is 0 Å². The number of amides is 1. The van der Waals surface area contributed by atoms with Crippen LogP contribution in [-0.2, 0) is 16.1 Å². The molecule has 0 aliphatic rings. The van der Waals surface area contributed by atoms with E-state index in [0.29, 0.717) is 5.56 Å². The van der Waals surface area contributed by atoms with Crippen molar-refractivity contribution in [3.05, 3.63) is 71.5 Å². The van der Waals surface area contributed by atoms with Crippen LogP contribution in [0.2, 0.25) is 0 Å². The largest absolute Gasteiger partial charge is 0.480 e. The minimum Gasteiger partial charge on any atom is -0.480 e. The zero-order valence-electron chi connectivity index (χ0n) is 13.5. The van der Waals surface area contributed by atoms with Crippen molar-refractivity contribution >= 4 is 11.9 Å². The summed E-state index contributed by atoms with van der Waals surface area (Å²) in [7, 11) is 0. The Labute approximate surface area is 140 Å². The van der Waals surface area contributed by atoms with Gasteiger partial charge in [-0.15, -0.1) is 0 Å². The number of hydrogen-bond acceptors (Lipinski definition) is 2. The number of carboxylic acid groups (broad SMARTS) is 1. The lowest BCUT2D eigenvalue weighted by Crippen LogP contribution is -2.35. The second-order valence-electron chi connectivity index (χ2n) is 5.79. The molecule has 2 rings (SSSR count). The fourth-order valence-corrected chi connectivity index (χ4v) is 2.50. The van der Waals surface area contributed by atoms with E-state index in [2.05, 4.69) is 0 Å². The Morgan fingerprint density at radius 3 is 2.29 bits per heavy atom. The van der Waals surface area contributed by atoms with Gasteiger partial charge in [0.1, 0.15) is 12.4 Å². The molecule has 0 bridgehead atoms. The zero-order valence-corrected chi connectivity index (χ0v) is 13.5. The Morgan fingerprint density at radius 1 is 1.08 bits per heavy atom. The van der Waals surface area contributed by atoms with Gasteiger partial charge in [-0.3, -0.25) is 9.59 Å². The van der Waals surface area contributed by atoms with Crippen molar-refractivity contribution in [3.8, 4) is 0 Å². The number of nitrogens with zero attached hydrogens (tertiary/aromatic N) is 1. The molecule has 0 saturated heterocycles. The molecule has 2 aromatic rings. The Balaban J connectivity index is 2.07. The van der Waals surface area contributed by atoms with Crippen molar-refractivity contribution in [2.75, 3.05) is 6.54 Å². The number of benzene rings is 2. The summed E-state index contributed by atoms with van der Waals surface area (Å²) < 4.78 is 13.0. The first kappa shape index (κ1) is 17.7. The predicted molar refractivity (Wildman–Crippen MR) is 88.9 cm³/mol. The number of carbonyl (C=O) groups excluding carboxylic acids is 1. The number of hydrogen-bond donors (Lipinski definition) is 1. The van der Waals surface area contributed by atoms with Gasteiger partial charge in [-0.1, -0.05) is 49.4 Å². The van der Waals surface area contributed by atoms with Gasteiger partial charge in [0.05, 0.1) is 0 Å². The summed E-state index contributed by atoms with van der Waals surface area (Å²) in [5.41, 5.74) is 1.72. The second kappa shape index (κ2) is 8.24. The van der Waals surface area contributed by atoms with Crippen LogP contribution in [0.4, 0.5) is 4.39 Å². The normalized spacial score (nSPS) is 11.8. The molecule has 1 N–H and O–H groups in total.